The first-order chi connectivity index (χ1) is 11.2. The maximum atomic E-state index is 12.9. The summed E-state index contributed by atoms with van der Waals surface area (Å²) in [5.41, 5.74) is 0.784. The van der Waals surface area contributed by atoms with E-state index in [0.717, 1.165) is 37.9 Å². The van der Waals surface area contributed by atoms with Gasteiger partial charge in [0.2, 0.25) is 0 Å². The lowest BCUT2D eigenvalue weighted by Gasteiger charge is -2.26. The van der Waals surface area contributed by atoms with E-state index in [1.54, 1.807) is 18.4 Å². The SMILES string of the molecule is O=C(c1cccn1C1CC1)N1CCCC1CC(O)c1ccco1. The van der Waals surface area contributed by atoms with Crippen molar-refractivity contribution in [1.82, 2.24) is 9.47 Å². The quantitative estimate of drug-likeness (QED) is 0.922. The zero-order valence-corrected chi connectivity index (χ0v) is 13.1. The number of furan rings is 1. The van der Waals surface area contributed by atoms with Crippen molar-refractivity contribution in [1.29, 1.82) is 0 Å². The maximum absolute atomic E-state index is 12.9. The van der Waals surface area contributed by atoms with E-state index in [1.165, 1.54) is 0 Å². The molecule has 4 rings (SSSR count). The second-order valence-corrected chi connectivity index (χ2v) is 6.59. The molecule has 2 unspecified atom stereocenters. The van der Waals surface area contributed by atoms with Crippen molar-refractivity contribution in [3.05, 3.63) is 48.2 Å². The van der Waals surface area contributed by atoms with Gasteiger partial charge in [-0.15, -0.1) is 0 Å². The summed E-state index contributed by atoms with van der Waals surface area (Å²) in [4.78, 5) is 14.9. The highest BCUT2D eigenvalue weighted by atomic mass is 16.4. The highest BCUT2D eigenvalue weighted by molar-refractivity contribution is 5.93. The number of carbonyl (C=O) groups excluding carboxylic acids is 1. The normalized spacial score (nSPS) is 22.5. The van der Waals surface area contributed by atoms with Gasteiger partial charge in [0.25, 0.3) is 5.91 Å². The first kappa shape index (κ1) is 14.6. The number of carbonyl (C=O) groups is 1. The average molecular weight is 314 g/mol. The van der Waals surface area contributed by atoms with Gasteiger partial charge < -0.3 is 19.0 Å². The van der Waals surface area contributed by atoms with E-state index in [-0.39, 0.29) is 11.9 Å². The lowest BCUT2D eigenvalue weighted by atomic mass is 10.0. The van der Waals surface area contributed by atoms with Crippen LogP contribution < -0.4 is 0 Å². The van der Waals surface area contributed by atoms with Crippen LogP contribution in [0, 0.1) is 0 Å². The molecule has 3 heterocycles. The van der Waals surface area contributed by atoms with Gasteiger partial charge in [-0.1, -0.05) is 0 Å². The second kappa shape index (κ2) is 5.89. The van der Waals surface area contributed by atoms with Crippen LogP contribution in [0.5, 0.6) is 0 Å². The van der Waals surface area contributed by atoms with Gasteiger partial charge in [0.05, 0.1) is 6.26 Å². The van der Waals surface area contributed by atoms with Gasteiger partial charge in [0.1, 0.15) is 17.6 Å². The number of aromatic nitrogens is 1. The molecule has 1 aliphatic heterocycles. The van der Waals surface area contributed by atoms with Crippen LogP contribution in [0.4, 0.5) is 0 Å². The maximum Gasteiger partial charge on any atom is 0.270 e. The van der Waals surface area contributed by atoms with E-state index < -0.39 is 6.10 Å². The van der Waals surface area contributed by atoms with Crippen LogP contribution in [0.15, 0.2) is 41.1 Å². The molecule has 2 fully saturated rings. The molecule has 122 valence electrons. The molecule has 2 aromatic rings. The Morgan fingerprint density at radius 3 is 2.91 bits per heavy atom. The Hall–Kier alpha value is -2.01. The standard InChI is InChI=1S/C18H22N2O3/c21-16(17-6-3-11-23-17)12-14-4-1-10-20(14)18(22)15-5-2-9-19(15)13-7-8-13/h2-3,5-6,9,11,13-14,16,21H,1,4,7-8,10,12H2. The minimum absolute atomic E-state index is 0.0742. The van der Waals surface area contributed by atoms with Crippen LogP contribution in [0.3, 0.4) is 0 Å². The number of likely N-dealkylation sites (tertiary alicyclic amines) is 1. The molecule has 1 saturated heterocycles. The number of amides is 1. The Balaban J connectivity index is 1.48. The van der Waals surface area contributed by atoms with E-state index in [2.05, 4.69) is 4.57 Å². The highest BCUT2D eigenvalue weighted by Gasteiger charge is 2.34. The van der Waals surface area contributed by atoms with E-state index in [0.29, 0.717) is 18.2 Å². The second-order valence-electron chi connectivity index (χ2n) is 6.59. The summed E-state index contributed by atoms with van der Waals surface area (Å²) < 4.78 is 7.39. The molecule has 0 bridgehead atoms. The molecule has 1 saturated carbocycles. The fraction of sp³-hybridized carbons (Fsp3) is 0.500. The molecule has 1 amide bonds. The zero-order chi connectivity index (χ0) is 15.8. The molecule has 5 nitrogen and oxygen atoms in total. The van der Waals surface area contributed by atoms with E-state index in [9.17, 15) is 9.90 Å². The third kappa shape index (κ3) is 2.81. The van der Waals surface area contributed by atoms with Gasteiger partial charge >= 0.3 is 0 Å². The number of hydrogen-bond donors (Lipinski definition) is 1. The van der Waals surface area contributed by atoms with Crippen molar-refractivity contribution in [2.75, 3.05) is 6.54 Å². The summed E-state index contributed by atoms with van der Waals surface area (Å²) >= 11 is 0. The summed E-state index contributed by atoms with van der Waals surface area (Å²) in [6.45, 7) is 0.768. The Bertz CT molecular complexity index is 672. The average Bonchev–Trinajstić information content (AvgIpc) is 3.03. The number of nitrogens with zero attached hydrogens (tertiary/aromatic N) is 2. The van der Waals surface area contributed by atoms with Gasteiger partial charge in [-0.25, -0.2) is 0 Å². The van der Waals surface area contributed by atoms with Crippen LogP contribution in [0.25, 0.3) is 0 Å². The van der Waals surface area contributed by atoms with E-state index >= 15 is 0 Å². The van der Waals surface area contributed by atoms with Crippen molar-refractivity contribution in [3.8, 4) is 0 Å². The van der Waals surface area contributed by atoms with Gasteiger partial charge in [-0.3, -0.25) is 4.79 Å². The molecule has 2 atom stereocenters. The zero-order valence-electron chi connectivity index (χ0n) is 13.1. The van der Waals surface area contributed by atoms with Crippen molar-refractivity contribution < 1.29 is 14.3 Å². The lowest BCUT2D eigenvalue weighted by molar-refractivity contribution is 0.0631. The number of rotatable bonds is 5. The van der Waals surface area contributed by atoms with Gasteiger partial charge in [0, 0.05) is 31.2 Å². The molecular formula is C18H22N2O3. The third-order valence-electron chi connectivity index (χ3n) is 4.94. The highest BCUT2D eigenvalue weighted by Crippen LogP contribution is 2.37. The molecule has 0 aromatic carbocycles. The van der Waals surface area contributed by atoms with Crippen LogP contribution >= 0.6 is 0 Å². The van der Waals surface area contributed by atoms with Crippen molar-refractivity contribution >= 4 is 5.91 Å². The minimum Gasteiger partial charge on any atom is -0.467 e. The molecule has 1 aliphatic carbocycles. The predicted octanol–water partition coefficient (Wildman–Crippen LogP) is 3.14. The molecule has 2 aliphatic rings. The first-order valence-corrected chi connectivity index (χ1v) is 8.43. The van der Waals surface area contributed by atoms with Gasteiger partial charge in [-0.2, -0.15) is 0 Å². The largest absolute Gasteiger partial charge is 0.467 e. The fourth-order valence-electron chi connectivity index (χ4n) is 3.60. The molecule has 0 radical (unpaired) electrons. The molecule has 2 aromatic heterocycles. The lowest BCUT2D eigenvalue weighted by Crippen LogP contribution is -2.37. The van der Waals surface area contributed by atoms with Crippen molar-refractivity contribution in [2.24, 2.45) is 0 Å². The molecule has 1 N–H and O–H groups in total. The summed E-state index contributed by atoms with van der Waals surface area (Å²) in [7, 11) is 0. The summed E-state index contributed by atoms with van der Waals surface area (Å²) in [6, 6.07) is 8.00. The Morgan fingerprint density at radius 1 is 1.30 bits per heavy atom. The van der Waals surface area contributed by atoms with Crippen LogP contribution in [-0.2, 0) is 0 Å². The first-order valence-electron chi connectivity index (χ1n) is 8.43. The van der Waals surface area contributed by atoms with Gasteiger partial charge in [0.15, 0.2) is 0 Å². The Morgan fingerprint density at radius 2 is 2.17 bits per heavy atom. The number of aliphatic hydroxyl groups is 1. The topological polar surface area (TPSA) is 58.6 Å². The van der Waals surface area contributed by atoms with E-state index in [4.69, 9.17) is 4.42 Å². The predicted molar refractivity (Wildman–Crippen MR) is 85.0 cm³/mol. The molecule has 5 heteroatoms. The van der Waals surface area contributed by atoms with Crippen molar-refractivity contribution in [3.63, 3.8) is 0 Å². The third-order valence-corrected chi connectivity index (χ3v) is 4.94. The fourth-order valence-corrected chi connectivity index (χ4v) is 3.60. The van der Waals surface area contributed by atoms with Crippen molar-refractivity contribution in [2.45, 2.75) is 50.3 Å². The molecular weight excluding hydrogens is 292 g/mol. The van der Waals surface area contributed by atoms with Gasteiger partial charge in [-0.05, 0) is 49.9 Å². The summed E-state index contributed by atoms with van der Waals surface area (Å²) in [6.07, 6.45) is 7.71. The minimum atomic E-state index is -0.654. The Kier molecular flexibility index (Phi) is 3.73. The van der Waals surface area contributed by atoms with E-state index in [1.807, 2.05) is 23.2 Å². The summed E-state index contributed by atoms with van der Waals surface area (Å²) in [5.74, 6) is 0.668. The molecule has 0 spiro atoms. The summed E-state index contributed by atoms with van der Waals surface area (Å²) in [5, 5.41) is 10.3. The van der Waals surface area contributed by atoms with Crippen LogP contribution in [0.2, 0.25) is 0 Å². The monoisotopic (exact) mass is 314 g/mol. The number of hydrogen-bond acceptors (Lipinski definition) is 3. The number of aliphatic hydroxyl groups excluding tert-OH is 1. The van der Waals surface area contributed by atoms with Crippen LogP contribution in [-0.4, -0.2) is 33.1 Å². The Labute approximate surface area is 135 Å². The molecule has 23 heavy (non-hydrogen) atoms. The van der Waals surface area contributed by atoms with Crippen LogP contribution in [0.1, 0.15) is 60.5 Å². The smallest absolute Gasteiger partial charge is 0.270 e.